The molecule has 4 rings (SSSR count). The summed E-state index contributed by atoms with van der Waals surface area (Å²) in [5.74, 6) is 1.01. The van der Waals surface area contributed by atoms with Crippen LogP contribution >= 0.6 is 0 Å². The Labute approximate surface area is 194 Å². The third-order valence-corrected chi connectivity index (χ3v) is 6.77. The van der Waals surface area contributed by atoms with Crippen LogP contribution in [0.5, 0.6) is 0 Å². The number of aromatic nitrogens is 2. The number of piperazine rings is 1. The van der Waals surface area contributed by atoms with Crippen LogP contribution in [0.4, 0.5) is 28.8 Å². The van der Waals surface area contributed by atoms with Gasteiger partial charge in [-0.3, -0.25) is 0 Å². The number of hydrogen-bond donors (Lipinski definition) is 3. The highest BCUT2D eigenvalue weighted by Gasteiger charge is 2.15. The maximum Gasteiger partial charge on any atom is 0.238 e. The molecule has 1 aliphatic rings. The monoisotopic (exact) mass is 467 g/mol. The second kappa shape index (κ2) is 9.34. The Balaban J connectivity index is 1.49. The molecule has 0 bridgehead atoms. The minimum Gasteiger partial charge on any atom is -0.369 e. The minimum atomic E-state index is -3.82. The SMILES string of the molecule is Cc1ccc(Nc2ncc(C)c(Nc3ccc(N4CCN(C)CC4)cc3)n2)cc1S(N)(=O)=O. The first-order chi connectivity index (χ1) is 15.7. The van der Waals surface area contributed by atoms with E-state index in [1.807, 2.05) is 19.1 Å². The summed E-state index contributed by atoms with van der Waals surface area (Å²) >= 11 is 0. The van der Waals surface area contributed by atoms with Gasteiger partial charge < -0.3 is 20.4 Å². The Kier molecular flexibility index (Phi) is 6.50. The first kappa shape index (κ1) is 23.0. The topological polar surface area (TPSA) is 116 Å². The number of anilines is 5. The van der Waals surface area contributed by atoms with Crippen LogP contribution in [-0.4, -0.2) is 56.5 Å². The van der Waals surface area contributed by atoms with Gasteiger partial charge >= 0.3 is 0 Å². The van der Waals surface area contributed by atoms with Gasteiger partial charge in [0.1, 0.15) is 5.82 Å². The Morgan fingerprint density at radius 1 is 0.909 bits per heavy atom. The van der Waals surface area contributed by atoms with Gasteiger partial charge in [-0.15, -0.1) is 0 Å². The first-order valence-electron chi connectivity index (χ1n) is 10.7. The molecule has 0 aliphatic carbocycles. The number of hydrogen-bond acceptors (Lipinski definition) is 8. The first-order valence-corrected chi connectivity index (χ1v) is 12.3. The van der Waals surface area contributed by atoms with Crippen molar-refractivity contribution in [3.05, 3.63) is 59.8 Å². The lowest BCUT2D eigenvalue weighted by molar-refractivity contribution is 0.313. The Morgan fingerprint density at radius 2 is 1.58 bits per heavy atom. The number of aryl methyl sites for hydroxylation is 2. The van der Waals surface area contributed by atoms with Gasteiger partial charge in [0.15, 0.2) is 0 Å². The highest BCUT2D eigenvalue weighted by atomic mass is 32.2. The average molecular weight is 468 g/mol. The molecule has 1 saturated heterocycles. The minimum absolute atomic E-state index is 0.0680. The van der Waals surface area contributed by atoms with Gasteiger partial charge in [-0.2, -0.15) is 4.98 Å². The van der Waals surface area contributed by atoms with Crippen LogP contribution in [0.15, 0.2) is 53.6 Å². The van der Waals surface area contributed by atoms with Crippen LogP contribution in [0.25, 0.3) is 0 Å². The molecule has 0 radical (unpaired) electrons. The lowest BCUT2D eigenvalue weighted by Gasteiger charge is -2.34. The second-order valence-corrected chi connectivity index (χ2v) is 9.87. The van der Waals surface area contributed by atoms with Gasteiger partial charge in [0.05, 0.1) is 4.90 Å². The Morgan fingerprint density at radius 3 is 2.24 bits per heavy atom. The predicted molar refractivity (Wildman–Crippen MR) is 132 cm³/mol. The van der Waals surface area contributed by atoms with Gasteiger partial charge in [-0.25, -0.2) is 18.5 Å². The zero-order valence-corrected chi connectivity index (χ0v) is 19.9. The van der Waals surface area contributed by atoms with Gasteiger partial charge in [-0.05, 0) is 62.9 Å². The maximum atomic E-state index is 11.8. The van der Waals surface area contributed by atoms with Crippen LogP contribution in [0, 0.1) is 13.8 Å². The number of primary sulfonamides is 1. The van der Waals surface area contributed by atoms with E-state index in [4.69, 9.17) is 5.14 Å². The summed E-state index contributed by atoms with van der Waals surface area (Å²) in [7, 11) is -1.67. The lowest BCUT2D eigenvalue weighted by atomic mass is 10.2. The molecule has 33 heavy (non-hydrogen) atoms. The molecule has 0 saturated carbocycles. The number of likely N-dealkylation sites (N-methyl/N-ethyl adjacent to an activating group) is 1. The molecule has 9 nitrogen and oxygen atoms in total. The van der Waals surface area contributed by atoms with Gasteiger partial charge in [0.2, 0.25) is 16.0 Å². The molecule has 2 aromatic carbocycles. The van der Waals surface area contributed by atoms with E-state index >= 15 is 0 Å². The summed E-state index contributed by atoms with van der Waals surface area (Å²) < 4.78 is 23.6. The zero-order valence-electron chi connectivity index (χ0n) is 19.0. The molecule has 2 heterocycles. The molecule has 3 aromatic rings. The molecule has 10 heteroatoms. The van der Waals surface area contributed by atoms with Crippen LogP contribution in [0.3, 0.4) is 0 Å². The van der Waals surface area contributed by atoms with Crippen molar-refractivity contribution in [2.75, 3.05) is 48.8 Å². The number of nitrogens with one attached hydrogen (secondary N) is 2. The predicted octanol–water partition coefficient (Wildman–Crippen LogP) is 2.98. The number of benzene rings is 2. The molecule has 0 unspecified atom stereocenters. The Hall–Kier alpha value is -3.21. The zero-order chi connectivity index (χ0) is 23.6. The van der Waals surface area contributed by atoms with E-state index in [1.54, 1.807) is 25.3 Å². The van der Waals surface area contributed by atoms with Crippen molar-refractivity contribution in [2.45, 2.75) is 18.7 Å². The largest absolute Gasteiger partial charge is 0.369 e. The number of nitrogens with two attached hydrogens (primary N) is 1. The van der Waals surface area contributed by atoms with Crippen molar-refractivity contribution < 1.29 is 8.42 Å². The fraction of sp³-hybridized carbons (Fsp3) is 0.304. The third kappa shape index (κ3) is 5.59. The van der Waals surface area contributed by atoms with E-state index < -0.39 is 10.0 Å². The molecule has 1 aliphatic heterocycles. The lowest BCUT2D eigenvalue weighted by Crippen LogP contribution is -2.44. The standard InChI is InChI=1S/C23H29N7O2S/c1-16-4-5-19(14-21(16)33(24,31)32)27-23-25-15-17(2)22(28-23)26-18-6-8-20(9-7-18)30-12-10-29(3)11-13-30/h4-9,14-15H,10-13H2,1-3H3,(H2,24,31,32)(H2,25,26,27,28). The maximum absolute atomic E-state index is 11.8. The molecular weight excluding hydrogens is 438 g/mol. The van der Waals surface area contributed by atoms with E-state index in [9.17, 15) is 8.42 Å². The molecule has 174 valence electrons. The fourth-order valence-corrected chi connectivity index (χ4v) is 4.51. The normalized spacial score (nSPS) is 14.8. The van der Waals surface area contributed by atoms with Crippen LogP contribution in [0.2, 0.25) is 0 Å². The summed E-state index contributed by atoms with van der Waals surface area (Å²) in [5, 5.41) is 11.7. The van der Waals surface area contributed by atoms with Crippen LogP contribution < -0.4 is 20.7 Å². The number of nitrogens with zero attached hydrogens (tertiary/aromatic N) is 4. The van der Waals surface area contributed by atoms with Crippen molar-refractivity contribution in [3.8, 4) is 0 Å². The molecular formula is C23H29N7O2S. The average Bonchev–Trinajstić information content (AvgIpc) is 2.78. The number of sulfonamides is 1. The molecule has 0 atom stereocenters. The quantitative estimate of drug-likeness (QED) is 0.507. The van der Waals surface area contributed by atoms with Gasteiger partial charge in [-0.1, -0.05) is 6.07 Å². The molecule has 0 amide bonds. The van der Waals surface area contributed by atoms with Gasteiger partial charge in [0.25, 0.3) is 0 Å². The van der Waals surface area contributed by atoms with Crippen LogP contribution in [0.1, 0.15) is 11.1 Å². The fourth-order valence-electron chi connectivity index (χ4n) is 3.70. The van der Waals surface area contributed by atoms with E-state index in [1.165, 1.54) is 11.8 Å². The van der Waals surface area contributed by atoms with Crippen LogP contribution in [-0.2, 0) is 10.0 Å². The van der Waals surface area contributed by atoms with Crippen molar-refractivity contribution in [1.82, 2.24) is 14.9 Å². The van der Waals surface area contributed by atoms with Crippen molar-refractivity contribution >= 4 is 38.9 Å². The number of rotatable bonds is 6. The molecule has 1 fully saturated rings. The van der Waals surface area contributed by atoms with E-state index in [-0.39, 0.29) is 4.90 Å². The highest BCUT2D eigenvalue weighted by Crippen LogP contribution is 2.25. The summed E-state index contributed by atoms with van der Waals surface area (Å²) in [6.07, 6.45) is 1.71. The molecule has 1 aromatic heterocycles. The highest BCUT2D eigenvalue weighted by molar-refractivity contribution is 7.89. The summed E-state index contributed by atoms with van der Waals surface area (Å²) in [4.78, 5) is 13.7. The molecule has 0 spiro atoms. The van der Waals surface area contributed by atoms with Gasteiger partial charge in [0, 0.05) is 55.0 Å². The summed E-state index contributed by atoms with van der Waals surface area (Å²) in [5.41, 5.74) is 4.14. The Bertz CT molecular complexity index is 1240. The smallest absolute Gasteiger partial charge is 0.238 e. The molecule has 4 N–H and O–H groups in total. The van der Waals surface area contributed by atoms with E-state index in [0.717, 1.165) is 37.4 Å². The second-order valence-electron chi connectivity index (χ2n) is 8.34. The summed E-state index contributed by atoms with van der Waals surface area (Å²) in [6, 6.07) is 13.3. The van der Waals surface area contributed by atoms with Crippen molar-refractivity contribution in [3.63, 3.8) is 0 Å². The van der Waals surface area contributed by atoms with E-state index in [2.05, 4.69) is 49.6 Å². The third-order valence-electron chi connectivity index (χ3n) is 5.72. The van der Waals surface area contributed by atoms with Crippen molar-refractivity contribution in [1.29, 1.82) is 0 Å². The van der Waals surface area contributed by atoms with E-state index in [0.29, 0.717) is 23.0 Å². The van der Waals surface area contributed by atoms with Crippen molar-refractivity contribution in [2.24, 2.45) is 5.14 Å². The summed E-state index contributed by atoms with van der Waals surface area (Å²) in [6.45, 7) is 7.80.